The second kappa shape index (κ2) is 7.45. The van der Waals surface area contributed by atoms with Crippen molar-refractivity contribution in [2.24, 2.45) is 0 Å². The van der Waals surface area contributed by atoms with Gasteiger partial charge in [-0.15, -0.1) is 0 Å². The van der Waals surface area contributed by atoms with Gasteiger partial charge in [0, 0.05) is 30.0 Å². The standard InChI is InChI=1S/C18H22ClNO3/c19-14-7-5-13(6-8-14)16(21)9-10-18(22)20-11-12-23-17-4-2-1-3-15(17)20/h5-8,15,17H,1-4,9-12H2. The molecule has 1 amide bonds. The van der Waals surface area contributed by atoms with Gasteiger partial charge < -0.3 is 9.64 Å². The van der Waals surface area contributed by atoms with Crippen molar-refractivity contribution in [3.8, 4) is 0 Å². The first-order chi connectivity index (χ1) is 11.1. The molecule has 0 N–H and O–H groups in total. The summed E-state index contributed by atoms with van der Waals surface area (Å²) in [5, 5.41) is 0.606. The predicted octanol–water partition coefficient (Wildman–Crippen LogP) is 3.47. The lowest BCUT2D eigenvalue weighted by Crippen LogP contribution is -2.54. The molecule has 1 aromatic rings. The molecule has 4 nitrogen and oxygen atoms in total. The minimum Gasteiger partial charge on any atom is -0.374 e. The Hall–Kier alpha value is -1.39. The van der Waals surface area contributed by atoms with Crippen LogP contribution in [-0.2, 0) is 9.53 Å². The van der Waals surface area contributed by atoms with Gasteiger partial charge in [-0.25, -0.2) is 0 Å². The zero-order chi connectivity index (χ0) is 16.2. The van der Waals surface area contributed by atoms with Crippen LogP contribution < -0.4 is 0 Å². The summed E-state index contributed by atoms with van der Waals surface area (Å²) in [5.41, 5.74) is 0.611. The summed E-state index contributed by atoms with van der Waals surface area (Å²) >= 11 is 5.83. The Morgan fingerprint density at radius 3 is 2.65 bits per heavy atom. The number of halogens is 1. The molecule has 2 atom stereocenters. The van der Waals surface area contributed by atoms with Crippen molar-refractivity contribution >= 4 is 23.3 Å². The van der Waals surface area contributed by atoms with Crippen LogP contribution in [0.3, 0.4) is 0 Å². The summed E-state index contributed by atoms with van der Waals surface area (Å²) in [7, 11) is 0. The van der Waals surface area contributed by atoms with E-state index in [0.717, 1.165) is 19.3 Å². The number of carbonyl (C=O) groups excluding carboxylic acids is 2. The molecule has 5 heteroatoms. The van der Waals surface area contributed by atoms with Gasteiger partial charge in [0.15, 0.2) is 5.78 Å². The monoisotopic (exact) mass is 335 g/mol. The first kappa shape index (κ1) is 16.5. The fraction of sp³-hybridized carbons (Fsp3) is 0.556. The van der Waals surface area contributed by atoms with E-state index in [4.69, 9.17) is 16.3 Å². The molecular weight excluding hydrogens is 314 g/mol. The molecule has 1 saturated carbocycles. The second-order valence-corrected chi connectivity index (χ2v) is 6.71. The van der Waals surface area contributed by atoms with Gasteiger partial charge in [-0.2, -0.15) is 0 Å². The predicted molar refractivity (Wildman–Crippen MR) is 88.7 cm³/mol. The van der Waals surface area contributed by atoms with Gasteiger partial charge in [0.1, 0.15) is 0 Å². The summed E-state index contributed by atoms with van der Waals surface area (Å²) in [6, 6.07) is 7.02. The summed E-state index contributed by atoms with van der Waals surface area (Å²) < 4.78 is 5.80. The van der Waals surface area contributed by atoms with Crippen molar-refractivity contribution in [1.82, 2.24) is 4.90 Å². The van der Waals surface area contributed by atoms with Gasteiger partial charge in [0.25, 0.3) is 0 Å². The number of amides is 1. The summed E-state index contributed by atoms with van der Waals surface area (Å²) in [4.78, 5) is 26.7. The van der Waals surface area contributed by atoms with E-state index in [0.29, 0.717) is 23.7 Å². The van der Waals surface area contributed by atoms with E-state index in [1.54, 1.807) is 24.3 Å². The number of carbonyl (C=O) groups is 2. The Morgan fingerprint density at radius 1 is 1.13 bits per heavy atom. The number of hydrogen-bond acceptors (Lipinski definition) is 3. The average molecular weight is 336 g/mol. The highest BCUT2D eigenvalue weighted by Crippen LogP contribution is 2.29. The Kier molecular flexibility index (Phi) is 5.34. The van der Waals surface area contributed by atoms with E-state index in [9.17, 15) is 9.59 Å². The van der Waals surface area contributed by atoms with Crippen LogP contribution in [0.2, 0.25) is 5.02 Å². The normalized spacial score (nSPS) is 24.1. The molecule has 0 radical (unpaired) electrons. The minimum absolute atomic E-state index is 0.0107. The van der Waals surface area contributed by atoms with Crippen LogP contribution in [0.4, 0.5) is 0 Å². The van der Waals surface area contributed by atoms with Crippen LogP contribution in [-0.4, -0.2) is 41.9 Å². The third-order valence-electron chi connectivity index (χ3n) is 4.78. The third kappa shape index (κ3) is 3.93. The number of rotatable bonds is 4. The molecule has 0 spiro atoms. The molecule has 1 heterocycles. The number of morpholine rings is 1. The van der Waals surface area contributed by atoms with Crippen molar-refractivity contribution in [3.05, 3.63) is 34.9 Å². The van der Waals surface area contributed by atoms with Crippen LogP contribution in [0.1, 0.15) is 48.9 Å². The smallest absolute Gasteiger partial charge is 0.223 e. The van der Waals surface area contributed by atoms with Crippen molar-refractivity contribution in [2.45, 2.75) is 50.7 Å². The number of fused-ring (bicyclic) bond motifs is 1. The van der Waals surface area contributed by atoms with Gasteiger partial charge in [-0.3, -0.25) is 9.59 Å². The van der Waals surface area contributed by atoms with Crippen molar-refractivity contribution < 1.29 is 14.3 Å². The Morgan fingerprint density at radius 2 is 1.87 bits per heavy atom. The van der Waals surface area contributed by atoms with Crippen LogP contribution in [0, 0.1) is 0 Å². The van der Waals surface area contributed by atoms with E-state index in [1.165, 1.54) is 6.42 Å². The molecule has 124 valence electrons. The number of nitrogens with zero attached hydrogens (tertiary/aromatic N) is 1. The van der Waals surface area contributed by atoms with Crippen molar-refractivity contribution in [3.63, 3.8) is 0 Å². The van der Waals surface area contributed by atoms with E-state index in [1.807, 2.05) is 4.90 Å². The van der Waals surface area contributed by atoms with Gasteiger partial charge in [-0.05, 0) is 37.1 Å². The molecule has 0 aromatic heterocycles. The van der Waals surface area contributed by atoms with E-state index in [2.05, 4.69) is 0 Å². The highest BCUT2D eigenvalue weighted by molar-refractivity contribution is 6.30. The number of Topliss-reactive ketones (excluding diaryl/α,β-unsaturated/α-hetero) is 1. The molecular formula is C18H22ClNO3. The van der Waals surface area contributed by atoms with Crippen LogP contribution >= 0.6 is 11.6 Å². The van der Waals surface area contributed by atoms with Gasteiger partial charge in [-0.1, -0.05) is 24.4 Å². The fourth-order valence-electron chi connectivity index (χ4n) is 3.55. The fourth-order valence-corrected chi connectivity index (χ4v) is 3.68. The second-order valence-electron chi connectivity index (χ2n) is 6.28. The number of ketones is 1. The number of benzene rings is 1. The average Bonchev–Trinajstić information content (AvgIpc) is 2.59. The zero-order valence-corrected chi connectivity index (χ0v) is 13.9. The number of hydrogen-bond donors (Lipinski definition) is 0. The molecule has 2 fully saturated rings. The highest BCUT2D eigenvalue weighted by Gasteiger charge is 2.36. The maximum atomic E-state index is 12.5. The first-order valence-corrected chi connectivity index (χ1v) is 8.73. The lowest BCUT2D eigenvalue weighted by molar-refractivity contribution is -0.149. The Labute approximate surface area is 141 Å². The quantitative estimate of drug-likeness (QED) is 0.791. The molecule has 2 unspecified atom stereocenters. The molecule has 1 aliphatic heterocycles. The molecule has 0 bridgehead atoms. The minimum atomic E-state index is -0.0107. The van der Waals surface area contributed by atoms with Gasteiger partial charge in [0.05, 0.1) is 18.8 Å². The molecule has 2 aliphatic rings. The van der Waals surface area contributed by atoms with Crippen molar-refractivity contribution in [1.29, 1.82) is 0 Å². The molecule has 1 aromatic carbocycles. The van der Waals surface area contributed by atoms with E-state index >= 15 is 0 Å². The maximum absolute atomic E-state index is 12.5. The summed E-state index contributed by atoms with van der Waals surface area (Å²) in [6.07, 6.45) is 5.09. The lowest BCUT2D eigenvalue weighted by atomic mass is 9.90. The van der Waals surface area contributed by atoms with E-state index in [-0.39, 0.29) is 36.7 Å². The molecule has 3 rings (SSSR count). The molecule has 1 aliphatic carbocycles. The lowest BCUT2D eigenvalue weighted by Gasteiger charge is -2.43. The number of ether oxygens (including phenoxy) is 1. The van der Waals surface area contributed by atoms with E-state index < -0.39 is 0 Å². The highest BCUT2D eigenvalue weighted by atomic mass is 35.5. The van der Waals surface area contributed by atoms with Crippen molar-refractivity contribution in [2.75, 3.05) is 13.2 Å². The Bertz CT molecular complexity index is 570. The molecule has 1 saturated heterocycles. The zero-order valence-electron chi connectivity index (χ0n) is 13.2. The summed E-state index contributed by atoms with van der Waals surface area (Å²) in [6.45, 7) is 1.26. The Balaban J connectivity index is 1.56. The topological polar surface area (TPSA) is 46.6 Å². The van der Waals surface area contributed by atoms with Crippen LogP contribution in [0.25, 0.3) is 0 Å². The SMILES string of the molecule is O=C(CCC(=O)N1CCOC2CCCCC21)c1ccc(Cl)cc1. The molecule has 23 heavy (non-hydrogen) atoms. The largest absolute Gasteiger partial charge is 0.374 e. The summed E-state index contributed by atoms with van der Waals surface area (Å²) in [5.74, 6) is 0.0657. The van der Waals surface area contributed by atoms with Gasteiger partial charge in [0.2, 0.25) is 5.91 Å². The van der Waals surface area contributed by atoms with Crippen LogP contribution in [0.15, 0.2) is 24.3 Å². The third-order valence-corrected chi connectivity index (χ3v) is 5.04. The van der Waals surface area contributed by atoms with Gasteiger partial charge >= 0.3 is 0 Å². The van der Waals surface area contributed by atoms with Crippen LogP contribution in [0.5, 0.6) is 0 Å². The first-order valence-electron chi connectivity index (χ1n) is 8.35. The maximum Gasteiger partial charge on any atom is 0.223 e.